The molecule has 0 radical (unpaired) electrons. The third-order valence-corrected chi connectivity index (χ3v) is 6.51. The second-order valence-electron chi connectivity index (χ2n) is 9.18. The van der Waals surface area contributed by atoms with E-state index in [-0.39, 0.29) is 11.6 Å². The molecule has 1 amide bonds. The summed E-state index contributed by atoms with van der Waals surface area (Å²) in [6.45, 7) is 3.37. The first-order valence-corrected chi connectivity index (χ1v) is 12.7. The zero-order valence-electron chi connectivity index (χ0n) is 21.8. The van der Waals surface area contributed by atoms with Crippen molar-refractivity contribution in [3.05, 3.63) is 54.6 Å². The highest BCUT2D eigenvalue weighted by atomic mass is 16.5. The minimum absolute atomic E-state index is 0.257. The highest BCUT2D eigenvalue weighted by Gasteiger charge is 2.23. The highest BCUT2D eigenvalue weighted by Crippen LogP contribution is 2.37. The fourth-order valence-electron chi connectivity index (χ4n) is 4.23. The van der Waals surface area contributed by atoms with Crippen molar-refractivity contribution in [1.82, 2.24) is 19.7 Å². The molecule has 1 aromatic carbocycles. The van der Waals surface area contributed by atoms with Gasteiger partial charge in [-0.3, -0.25) is 14.5 Å². The number of nitrogens with zero attached hydrogens (tertiary/aromatic N) is 4. The van der Waals surface area contributed by atoms with E-state index in [1.54, 1.807) is 61.8 Å². The number of benzene rings is 1. The van der Waals surface area contributed by atoms with Crippen molar-refractivity contribution in [2.75, 3.05) is 26.1 Å². The first-order chi connectivity index (χ1) is 18.6. The van der Waals surface area contributed by atoms with Crippen LogP contribution in [0.25, 0.3) is 10.9 Å². The molecule has 1 aliphatic carbocycles. The predicted octanol–water partition coefficient (Wildman–Crippen LogP) is 5.48. The Morgan fingerprint density at radius 3 is 2.55 bits per heavy atom. The number of aryl methyl sites for hydroxylation is 1. The maximum atomic E-state index is 13.0. The monoisotopic (exact) mass is 517 g/mol. The number of amides is 1. The molecule has 198 valence electrons. The van der Waals surface area contributed by atoms with Gasteiger partial charge in [-0.05, 0) is 49.4 Å². The summed E-state index contributed by atoms with van der Waals surface area (Å²) < 4.78 is 24.6. The molecule has 3 aromatic heterocycles. The lowest BCUT2D eigenvalue weighted by Crippen LogP contribution is -2.20. The van der Waals surface area contributed by atoms with E-state index in [9.17, 15) is 4.79 Å². The van der Waals surface area contributed by atoms with Gasteiger partial charge < -0.3 is 24.3 Å². The van der Waals surface area contributed by atoms with Gasteiger partial charge in [0, 0.05) is 24.2 Å². The van der Waals surface area contributed by atoms with Gasteiger partial charge in [-0.1, -0.05) is 13.3 Å². The Kier molecular flexibility index (Phi) is 7.57. The molecule has 0 saturated heterocycles. The fourth-order valence-corrected chi connectivity index (χ4v) is 4.23. The Bertz CT molecular complexity index is 1420. The molecule has 0 atom stereocenters. The number of carbonyl (C=O) groups is 1. The number of aromatic nitrogens is 4. The van der Waals surface area contributed by atoms with Crippen LogP contribution in [0, 0.1) is 5.92 Å². The molecule has 1 saturated carbocycles. The maximum absolute atomic E-state index is 13.0. The molecule has 1 fully saturated rings. The number of anilines is 1. The largest absolute Gasteiger partial charge is 0.493 e. The summed E-state index contributed by atoms with van der Waals surface area (Å²) >= 11 is 0. The molecule has 1 aliphatic rings. The van der Waals surface area contributed by atoms with Crippen LogP contribution >= 0.6 is 0 Å². The van der Waals surface area contributed by atoms with Gasteiger partial charge in [0.05, 0.1) is 38.7 Å². The van der Waals surface area contributed by atoms with Crippen molar-refractivity contribution < 1.29 is 23.7 Å². The zero-order chi connectivity index (χ0) is 26.5. The smallest absolute Gasteiger partial charge is 0.281 e. The topological polar surface area (TPSA) is 110 Å². The quantitative estimate of drug-likeness (QED) is 0.279. The van der Waals surface area contributed by atoms with Crippen molar-refractivity contribution in [3.8, 4) is 28.7 Å². The van der Waals surface area contributed by atoms with Gasteiger partial charge >= 0.3 is 0 Å². The molecule has 4 aromatic rings. The van der Waals surface area contributed by atoms with Gasteiger partial charge in [-0.15, -0.1) is 0 Å². The molecule has 0 bridgehead atoms. The average Bonchev–Trinajstić information content (AvgIpc) is 3.31. The van der Waals surface area contributed by atoms with Crippen LogP contribution in [0.2, 0.25) is 0 Å². The summed E-state index contributed by atoms with van der Waals surface area (Å²) in [4.78, 5) is 21.8. The molecular weight excluding hydrogens is 486 g/mol. The van der Waals surface area contributed by atoms with E-state index in [0.717, 1.165) is 11.8 Å². The van der Waals surface area contributed by atoms with E-state index in [0.29, 0.717) is 59.2 Å². The van der Waals surface area contributed by atoms with Crippen LogP contribution in [0.5, 0.6) is 28.7 Å². The molecule has 3 heterocycles. The summed E-state index contributed by atoms with van der Waals surface area (Å²) in [6.07, 6.45) is 9.48. The standard InChI is InChI=1S/C28H31N5O5/c1-4-12-33-16-25(37-17-18-6-5-7-18)27(32-33)28(34)31-26-9-8-19(15-30-26)38-22-10-11-29-21-14-24(36-3)23(35-2)13-20(21)22/h8-11,13-16,18H,4-7,12,17H2,1-3H3,(H,30,31,34). The third kappa shape index (κ3) is 5.49. The van der Waals surface area contributed by atoms with Gasteiger partial charge in [0.2, 0.25) is 0 Å². The van der Waals surface area contributed by atoms with Crippen molar-refractivity contribution in [1.29, 1.82) is 0 Å². The van der Waals surface area contributed by atoms with Crippen molar-refractivity contribution in [2.24, 2.45) is 5.92 Å². The van der Waals surface area contributed by atoms with Crippen LogP contribution in [0.3, 0.4) is 0 Å². The maximum Gasteiger partial charge on any atom is 0.281 e. The van der Waals surface area contributed by atoms with E-state index < -0.39 is 0 Å². The van der Waals surface area contributed by atoms with Crippen LogP contribution in [0.4, 0.5) is 5.82 Å². The molecule has 1 N–H and O–H groups in total. The number of nitrogens with one attached hydrogen (secondary N) is 1. The summed E-state index contributed by atoms with van der Waals surface area (Å²) in [5.41, 5.74) is 0.961. The average molecular weight is 518 g/mol. The van der Waals surface area contributed by atoms with E-state index >= 15 is 0 Å². The van der Waals surface area contributed by atoms with Crippen LogP contribution in [-0.4, -0.2) is 46.5 Å². The zero-order valence-corrected chi connectivity index (χ0v) is 21.8. The minimum Gasteiger partial charge on any atom is -0.493 e. The fraction of sp³-hybridized carbons (Fsp3) is 0.357. The van der Waals surface area contributed by atoms with Gasteiger partial charge in [-0.25, -0.2) is 4.98 Å². The normalized spacial score (nSPS) is 13.1. The Hall–Kier alpha value is -4.34. The van der Waals surface area contributed by atoms with E-state index in [4.69, 9.17) is 18.9 Å². The lowest BCUT2D eigenvalue weighted by atomic mass is 9.86. The van der Waals surface area contributed by atoms with Gasteiger partial charge in [0.15, 0.2) is 22.9 Å². The molecule has 0 spiro atoms. The first-order valence-electron chi connectivity index (χ1n) is 12.7. The van der Waals surface area contributed by atoms with E-state index in [1.165, 1.54) is 19.3 Å². The van der Waals surface area contributed by atoms with Crippen LogP contribution in [-0.2, 0) is 6.54 Å². The Balaban J connectivity index is 1.29. The highest BCUT2D eigenvalue weighted by molar-refractivity contribution is 6.04. The van der Waals surface area contributed by atoms with Crippen LogP contribution < -0.4 is 24.3 Å². The van der Waals surface area contributed by atoms with Gasteiger partial charge in [0.25, 0.3) is 5.91 Å². The van der Waals surface area contributed by atoms with Gasteiger partial charge in [-0.2, -0.15) is 5.10 Å². The number of rotatable bonds is 11. The number of pyridine rings is 2. The number of ether oxygens (including phenoxy) is 4. The first kappa shape index (κ1) is 25.3. The Morgan fingerprint density at radius 2 is 1.87 bits per heavy atom. The number of hydrogen-bond donors (Lipinski definition) is 1. The van der Waals surface area contributed by atoms with Crippen LogP contribution in [0.1, 0.15) is 43.1 Å². The lowest BCUT2D eigenvalue weighted by Gasteiger charge is -2.24. The minimum atomic E-state index is -0.370. The molecule has 10 nitrogen and oxygen atoms in total. The SMILES string of the molecule is CCCn1cc(OCC2CCC2)c(C(=O)Nc2ccc(Oc3ccnc4cc(OC)c(OC)cc34)cn2)n1. The lowest BCUT2D eigenvalue weighted by molar-refractivity contribution is 0.101. The molecule has 10 heteroatoms. The number of fused-ring (bicyclic) bond motifs is 1. The Labute approximate surface area is 220 Å². The number of carbonyl (C=O) groups excluding carboxylic acids is 1. The molecule has 38 heavy (non-hydrogen) atoms. The van der Waals surface area contributed by atoms with E-state index in [2.05, 4.69) is 27.3 Å². The van der Waals surface area contributed by atoms with Crippen molar-refractivity contribution in [2.45, 2.75) is 39.2 Å². The second kappa shape index (κ2) is 11.4. The molecule has 0 unspecified atom stereocenters. The Morgan fingerprint density at radius 1 is 1.05 bits per heavy atom. The number of methoxy groups -OCH3 is 2. The van der Waals surface area contributed by atoms with Crippen molar-refractivity contribution in [3.63, 3.8) is 0 Å². The summed E-state index contributed by atoms with van der Waals surface area (Å²) in [5.74, 6) is 3.31. The van der Waals surface area contributed by atoms with Gasteiger partial charge in [0.1, 0.15) is 17.3 Å². The summed E-state index contributed by atoms with van der Waals surface area (Å²) in [6, 6.07) is 8.80. The molecule has 5 rings (SSSR count). The second-order valence-corrected chi connectivity index (χ2v) is 9.18. The summed E-state index contributed by atoms with van der Waals surface area (Å²) in [5, 5.41) is 8.03. The number of hydrogen-bond acceptors (Lipinski definition) is 8. The molecular formula is C28H31N5O5. The van der Waals surface area contributed by atoms with Crippen LogP contribution in [0.15, 0.2) is 48.9 Å². The predicted molar refractivity (Wildman–Crippen MR) is 142 cm³/mol. The van der Waals surface area contributed by atoms with Crippen molar-refractivity contribution >= 4 is 22.6 Å². The molecule has 0 aliphatic heterocycles. The third-order valence-electron chi connectivity index (χ3n) is 6.51. The van der Waals surface area contributed by atoms with E-state index in [1.807, 2.05) is 6.07 Å². The summed E-state index contributed by atoms with van der Waals surface area (Å²) in [7, 11) is 3.16.